The van der Waals surface area contributed by atoms with Gasteiger partial charge in [-0.3, -0.25) is 0 Å². The standard InChI is InChI=1S/C13H21FN2O2/c1-16(2)8-7-15-9-12(17)10-18-13-5-3-11(14)4-6-13/h3-6,12,15,17H,7-10H2,1-2H3. The van der Waals surface area contributed by atoms with E-state index in [1.165, 1.54) is 12.1 Å². The van der Waals surface area contributed by atoms with E-state index < -0.39 is 6.10 Å². The van der Waals surface area contributed by atoms with E-state index in [-0.39, 0.29) is 12.4 Å². The molecule has 2 N–H and O–H groups in total. The smallest absolute Gasteiger partial charge is 0.123 e. The highest BCUT2D eigenvalue weighted by Gasteiger charge is 2.04. The SMILES string of the molecule is CN(C)CCNCC(O)COc1ccc(F)cc1. The first kappa shape index (κ1) is 14.9. The summed E-state index contributed by atoms with van der Waals surface area (Å²) in [5.74, 6) is 0.261. The topological polar surface area (TPSA) is 44.7 Å². The first-order valence-electron chi connectivity index (χ1n) is 6.00. The molecule has 0 saturated carbocycles. The number of halogens is 1. The van der Waals surface area contributed by atoms with Crippen molar-refractivity contribution in [3.05, 3.63) is 30.1 Å². The molecule has 0 bridgehead atoms. The van der Waals surface area contributed by atoms with Gasteiger partial charge in [0.05, 0.1) is 0 Å². The Labute approximate surface area is 107 Å². The fourth-order valence-corrected chi connectivity index (χ4v) is 1.35. The van der Waals surface area contributed by atoms with Gasteiger partial charge in [0.1, 0.15) is 24.3 Å². The zero-order chi connectivity index (χ0) is 13.4. The molecule has 102 valence electrons. The maximum absolute atomic E-state index is 12.6. The second-order valence-electron chi connectivity index (χ2n) is 4.43. The molecule has 0 amide bonds. The van der Waals surface area contributed by atoms with Gasteiger partial charge in [-0.2, -0.15) is 0 Å². The van der Waals surface area contributed by atoms with Crippen LogP contribution < -0.4 is 10.1 Å². The number of aliphatic hydroxyl groups is 1. The molecule has 1 unspecified atom stereocenters. The van der Waals surface area contributed by atoms with E-state index >= 15 is 0 Å². The monoisotopic (exact) mass is 256 g/mol. The highest BCUT2D eigenvalue weighted by Crippen LogP contribution is 2.10. The highest BCUT2D eigenvalue weighted by molar-refractivity contribution is 5.22. The summed E-state index contributed by atoms with van der Waals surface area (Å²) >= 11 is 0. The number of hydrogen-bond acceptors (Lipinski definition) is 4. The summed E-state index contributed by atoms with van der Waals surface area (Å²) in [4.78, 5) is 2.06. The molecule has 0 radical (unpaired) electrons. The largest absolute Gasteiger partial charge is 0.491 e. The molecule has 5 heteroatoms. The van der Waals surface area contributed by atoms with E-state index in [0.717, 1.165) is 13.1 Å². The van der Waals surface area contributed by atoms with Gasteiger partial charge in [0.25, 0.3) is 0 Å². The second-order valence-corrected chi connectivity index (χ2v) is 4.43. The van der Waals surface area contributed by atoms with Crippen LogP contribution in [-0.2, 0) is 0 Å². The number of hydrogen-bond donors (Lipinski definition) is 2. The van der Waals surface area contributed by atoms with Crippen LogP contribution >= 0.6 is 0 Å². The van der Waals surface area contributed by atoms with Crippen molar-refractivity contribution in [1.29, 1.82) is 0 Å². The Morgan fingerprint density at radius 2 is 2.00 bits per heavy atom. The van der Waals surface area contributed by atoms with Crippen molar-refractivity contribution >= 4 is 0 Å². The van der Waals surface area contributed by atoms with Crippen LogP contribution in [-0.4, -0.2) is 56.4 Å². The molecule has 4 nitrogen and oxygen atoms in total. The number of benzene rings is 1. The Hall–Kier alpha value is -1.17. The molecule has 0 heterocycles. The summed E-state index contributed by atoms with van der Waals surface area (Å²) in [6, 6.07) is 5.75. The summed E-state index contributed by atoms with van der Waals surface area (Å²) < 4.78 is 18.0. The third-order valence-corrected chi connectivity index (χ3v) is 2.37. The normalized spacial score (nSPS) is 12.7. The quantitative estimate of drug-likeness (QED) is 0.673. The molecule has 0 spiro atoms. The Morgan fingerprint density at radius 3 is 2.61 bits per heavy atom. The molecule has 18 heavy (non-hydrogen) atoms. The number of nitrogens with zero attached hydrogens (tertiary/aromatic N) is 1. The minimum atomic E-state index is -0.572. The molecule has 0 aliphatic rings. The third kappa shape index (κ3) is 6.54. The van der Waals surface area contributed by atoms with Crippen molar-refractivity contribution in [2.75, 3.05) is 40.3 Å². The van der Waals surface area contributed by atoms with Gasteiger partial charge < -0.3 is 20.1 Å². The van der Waals surface area contributed by atoms with Crippen molar-refractivity contribution in [3.8, 4) is 5.75 Å². The van der Waals surface area contributed by atoms with Crippen LogP contribution in [0.1, 0.15) is 0 Å². The van der Waals surface area contributed by atoms with Crippen LogP contribution in [0.5, 0.6) is 5.75 Å². The van der Waals surface area contributed by atoms with Gasteiger partial charge >= 0.3 is 0 Å². The van der Waals surface area contributed by atoms with E-state index in [9.17, 15) is 9.50 Å². The number of rotatable bonds is 8. The van der Waals surface area contributed by atoms with Crippen molar-refractivity contribution in [1.82, 2.24) is 10.2 Å². The van der Waals surface area contributed by atoms with Gasteiger partial charge in [0.15, 0.2) is 0 Å². The fourth-order valence-electron chi connectivity index (χ4n) is 1.35. The van der Waals surface area contributed by atoms with Crippen molar-refractivity contribution < 1.29 is 14.2 Å². The lowest BCUT2D eigenvalue weighted by atomic mass is 10.3. The predicted octanol–water partition coefficient (Wildman–Crippen LogP) is 0.717. The van der Waals surface area contributed by atoms with Crippen LogP contribution in [0.3, 0.4) is 0 Å². The van der Waals surface area contributed by atoms with Crippen LogP contribution in [0.15, 0.2) is 24.3 Å². The maximum Gasteiger partial charge on any atom is 0.123 e. The molecular formula is C13H21FN2O2. The van der Waals surface area contributed by atoms with Crippen molar-refractivity contribution in [2.24, 2.45) is 0 Å². The molecule has 1 aromatic rings. The third-order valence-electron chi connectivity index (χ3n) is 2.37. The Bertz CT molecular complexity index is 330. The van der Waals surface area contributed by atoms with Gasteiger partial charge in [-0.15, -0.1) is 0 Å². The van der Waals surface area contributed by atoms with Crippen LogP contribution in [0, 0.1) is 5.82 Å². The molecule has 0 aromatic heterocycles. The van der Waals surface area contributed by atoms with E-state index in [4.69, 9.17) is 4.74 Å². The summed E-state index contributed by atoms with van der Waals surface area (Å²) in [6.45, 7) is 2.42. The van der Waals surface area contributed by atoms with Gasteiger partial charge in [-0.05, 0) is 38.4 Å². The Morgan fingerprint density at radius 1 is 1.33 bits per heavy atom. The first-order valence-corrected chi connectivity index (χ1v) is 6.00. The highest BCUT2D eigenvalue weighted by atomic mass is 19.1. The predicted molar refractivity (Wildman–Crippen MR) is 69.3 cm³/mol. The zero-order valence-electron chi connectivity index (χ0n) is 10.9. The molecule has 0 aliphatic carbocycles. The number of aliphatic hydroxyl groups excluding tert-OH is 1. The summed E-state index contributed by atoms with van der Waals surface area (Å²) in [5, 5.41) is 12.8. The average Bonchev–Trinajstić information content (AvgIpc) is 2.34. The molecule has 1 rings (SSSR count). The van der Waals surface area contributed by atoms with Gasteiger partial charge in [-0.25, -0.2) is 4.39 Å². The summed E-state index contributed by atoms with van der Waals surface area (Å²) in [5.41, 5.74) is 0. The lowest BCUT2D eigenvalue weighted by Crippen LogP contribution is -2.35. The lowest BCUT2D eigenvalue weighted by Gasteiger charge is -2.14. The number of likely N-dealkylation sites (N-methyl/N-ethyl adjacent to an activating group) is 1. The molecule has 1 atom stereocenters. The number of ether oxygens (including phenoxy) is 1. The molecular weight excluding hydrogens is 235 g/mol. The molecule has 0 saturated heterocycles. The van der Waals surface area contributed by atoms with E-state index in [0.29, 0.717) is 12.3 Å². The average molecular weight is 256 g/mol. The van der Waals surface area contributed by atoms with Crippen LogP contribution in [0.4, 0.5) is 4.39 Å². The van der Waals surface area contributed by atoms with E-state index in [1.807, 2.05) is 14.1 Å². The zero-order valence-corrected chi connectivity index (χ0v) is 10.9. The molecule has 1 aromatic carbocycles. The van der Waals surface area contributed by atoms with Gasteiger partial charge in [-0.1, -0.05) is 0 Å². The summed E-state index contributed by atoms with van der Waals surface area (Å²) in [6.07, 6.45) is -0.572. The first-order chi connectivity index (χ1) is 8.58. The van der Waals surface area contributed by atoms with Crippen LogP contribution in [0.25, 0.3) is 0 Å². The lowest BCUT2D eigenvalue weighted by molar-refractivity contribution is 0.106. The van der Waals surface area contributed by atoms with Crippen molar-refractivity contribution in [2.45, 2.75) is 6.10 Å². The minimum absolute atomic E-state index is 0.195. The number of nitrogens with one attached hydrogen (secondary N) is 1. The second kappa shape index (κ2) is 8.02. The van der Waals surface area contributed by atoms with E-state index in [1.54, 1.807) is 12.1 Å². The van der Waals surface area contributed by atoms with Crippen LogP contribution in [0.2, 0.25) is 0 Å². The van der Waals surface area contributed by atoms with Gasteiger partial charge in [0, 0.05) is 19.6 Å². The fraction of sp³-hybridized carbons (Fsp3) is 0.538. The maximum atomic E-state index is 12.6. The Kier molecular flexibility index (Phi) is 6.64. The van der Waals surface area contributed by atoms with Crippen molar-refractivity contribution in [3.63, 3.8) is 0 Å². The summed E-state index contributed by atoms with van der Waals surface area (Å²) in [7, 11) is 3.99. The van der Waals surface area contributed by atoms with E-state index in [2.05, 4.69) is 10.2 Å². The Balaban J connectivity index is 2.13. The van der Waals surface area contributed by atoms with Gasteiger partial charge in [0.2, 0.25) is 0 Å². The molecule has 0 fully saturated rings. The molecule has 0 aliphatic heterocycles. The minimum Gasteiger partial charge on any atom is -0.491 e.